The Balaban J connectivity index is 1.20. The highest BCUT2D eigenvalue weighted by Crippen LogP contribution is 2.42. The third-order valence-corrected chi connectivity index (χ3v) is 9.84. The lowest BCUT2D eigenvalue weighted by Crippen LogP contribution is -2.57. The maximum absolute atomic E-state index is 6.96. The maximum atomic E-state index is 6.96. The predicted octanol–water partition coefficient (Wildman–Crippen LogP) is 9.54. The van der Waals surface area contributed by atoms with Gasteiger partial charge in [0, 0.05) is 16.6 Å². The summed E-state index contributed by atoms with van der Waals surface area (Å²) in [5, 5.41) is 0. The van der Waals surface area contributed by atoms with Crippen LogP contribution in [0.1, 0.15) is 0 Å². The van der Waals surface area contributed by atoms with E-state index in [9.17, 15) is 0 Å². The molecule has 0 N–H and O–H groups in total. The number of hydrogen-bond acceptors (Lipinski definition) is 4. The molecular weight excluding hydrogens is 623 g/mol. The maximum Gasteiger partial charge on any atom is 0.260 e. The molecule has 2 aliphatic rings. The Labute approximate surface area is 296 Å². The molecule has 0 bridgehead atoms. The molecule has 0 amide bonds. The van der Waals surface area contributed by atoms with Crippen molar-refractivity contribution in [2.45, 2.75) is 0 Å². The number of ether oxygens (including phenoxy) is 2. The largest absolute Gasteiger partial charge is 0.458 e. The van der Waals surface area contributed by atoms with Gasteiger partial charge in [-0.15, -0.1) is 0 Å². The monoisotopic (exact) mass is 652 g/mol. The highest BCUT2D eigenvalue weighted by Gasteiger charge is 2.42. The van der Waals surface area contributed by atoms with Gasteiger partial charge >= 0.3 is 0 Å². The predicted molar refractivity (Wildman–Crippen MR) is 207 cm³/mol. The second kappa shape index (κ2) is 12.0. The van der Waals surface area contributed by atoms with Crippen LogP contribution in [0, 0.1) is 0 Å². The summed E-state index contributed by atoms with van der Waals surface area (Å²) in [6.45, 7) is -0.138. The molecular formula is C46H29BN2O2. The number of rotatable bonds is 5. The normalized spacial score (nSPS) is 12.2. The quantitative estimate of drug-likeness (QED) is 0.174. The fraction of sp³-hybridized carbons (Fsp3) is 0. The molecule has 0 saturated carbocycles. The van der Waals surface area contributed by atoms with Crippen LogP contribution in [0.25, 0.3) is 56.2 Å². The molecule has 4 nitrogen and oxygen atoms in total. The summed E-state index contributed by atoms with van der Waals surface area (Å²) in [5.74, 6) is 3.75. The molecule has 0 atom stereocenters. The molecule has 0 aliphatic carbocycles. The molecule has 0 fully saturated rings. The van der Waals surface area contributed by atoms with Crippen molar-refractivity contribution in [3.05, 3.63) is 176 Å². The molecule has 8 aromatic rings. The minimum atomic E-state index is -0.138. The van der Waals surface area contributed by atoms with E-state index in [0.717, 1.165) is 89.7 Å². The number of fused-ring (bicyclic) bond motifs is 4. The van der Waals surface area contributed by atoms with Crippen molar-refractivity contribution in [2.24, 2.45) is 0 Å². The Kier molecular flexibility index (Phi) is 6.88. The number of benzene rings is 7. The molecule has 0 radical (unpaired) electrons. The van der Waals surface area contributed by atoms with Gasteiger partial charge in [-0.2, -0.15) is 0 Å². The fourth-order valence-electron chi connectivity index (χ4n) is 7.37. The van der Waals surface area contributed by atoms with E-state index in [2.05, 4.69) is 115 Å². The van der Waals surface area contributed by atoms with E-state index in [1.54, 1.807) is 0 Å². The first-order valence-corrected chi connectivity index (χ1v) is 17.2. The van der Waals surface area contributed by atoms with Crippen LogP contribution in [-0.2, 0) is 0 Å². The number of hydrogen-bond donors (Lipinski definition) is 0. The average Bonchev–Trinajstić information content (AvgIpc) is 3.21. The lowest BCUT2D eigenvalue weighted by Gasteiger charge is -2.34. The highest BCUT2D eigenvalue weighted by atomic mass is 16.5. The van der Waals surface area contributed by atoms with Crippen LogP contribution in [-0.4, -0.2) is 16.7 Å². The first-order valence-electron chi connectivity index (χ1n) is 17.2. The fourth-order valence-corrected chi connectivity index (χ4v) is 7.37. The van der Waals surface area contributed by atoms with Crippen LogP contribution in [0.3, 0.4) is 0 Å². The second-order valence-electron chi connectivity index (χ2n) is 12.9. The lowest BCUT2D eigenvalue weighted by molar-refractivity contribution is 0.465. The average molecular weight is 653 g/mol. The number of aromatic nitrogens is 2. The van der Waals surface area contributed by atoms with E-state index < -0.39 is 0 Å². The summed E-state index contributed by atoms with van der Waals surface area (Å²) >= 11 is 0. The molecule has 0 unspecified atom stereocenters. The molecule has 10 rings (SSSR count). The van der Waals surface area contributed by atoms with Gasteiger partial charge in [-0.25, -0.2) is 9.97 Å². The van der Waals surface area contributed by atoms with Crippen molar-refractivity contribution in [3.8, 4) is 79.2 Å². The molecule has 238 valence electrons. The van der Waals surface area contributed by atoms with Crippen molar-refractivity contribution in [2.75, 3.05) is 0 Å². The van der Waals surface area contributed by atoms with E-state index in [1.165, 1.54) is 0 Å². The van der Waals surface area contributed by atoms with Crippen LogP contribution in [0.2, 0.25) is 0 Å². The third-order valence-electron chi connectivity index (χ3n) is 9.84. The number of nitrogens with zero attached hydrogens (tertiary/aromatic N) is 2. The molecule has 5 heteroatoms. The van der Waals surface area contributed by atoms with Crippen molar-refractivity contribution >= 4 is 23.1 Å². The summed E-state index contributed by atoms with van der Waals surface area (Å²) in [7, 11) is 0. The third kappa shape index (κ3) is 5.10. The molecule has 7 aromatic carbocycles. The zero-order valence-corrected chi connectivity index (χ0v) is 27.5. The van der Waals surface area contributed by atoms with Crippen LogP contribution in [0.4, 0.5) is 0 Å². The topological polar surface area (TPSA) is 44.2 Å². The minimum absolute atomic E-state index is 0.138. The summed E-state index contributed by atoms with van der Waals surface area (Å²) in [6.07, 6.45) is 0. The first kappa shape index (κ1) is 29.2. The Morgan fingerprint density at radius 1 is 0.373 bits per heavy atom. The van der Waals surface area contributed by atoms with Gasteiger partial charge < -0.3 is 9.47 Å². The van der Waals surface area contributed by atoms with Crippen molar-refractivity contribution < 1.29 is 9.47 Å². The molecule has 51 heavy (non-hydrogen) atoms. The Bertz CT molecular complexity index is 2470. The van der Waals surface area contributed by atoms with Gasteiger partial charge in [0.25, 0.3) is 6.71 Å². The van der Waals surface area contributed by atoms with Crippen LogP contribution < -0.4 is 25.9 Å². The Morgan fingerprint density at radius 3 is 1.33 bits per heavy atom. The van der Waals surface area contributed by atoms with E-state index in [4.69, 9.17) is 19.4 Å². The molecule has 3 heterocycles. The van der Waals surface area contributed by atoms with Gasteiger partial charge in [-0.1, -0.05) is 146 Å². The van der Waals surface area contributed by atoms with E-state index >= 15 is 0 Å². The zero-order valence-electron chi connectivity index (χ0n) is 27.5. The molecule has 0 spiro atoms. The van der Waals surface area contributed by atoms with Gasteiger partial charge in [0.2, 0.25) is 0 Å². The van der Waals surface area contributed by atoms with Gasteiger partial charge in [-0.05, 0) is 63.5 Å². The lowest BCUT2D eigenvalue weighted by atomic mass is 9.34. The SMILES string of the molecule is c1ccc(-c2ccc3c(c2)B2c4cc(-c5ccccc5)ccc4Oc4c(-c5nc(-c6ccccc6)cc(-c6ccccc6)n5)ccc(c42)O3)cc1. The van der Waals surface area contributed by atoms with Gasteiger partial charge in [0.05, 0.1) is 17.0 Å². The van der Waals surface area contributed by atoms with E-state index in [1.807, 2.05) is 60.7 Å². The summed E-state index contributed by atoms with van der Waals surface area (Å²) < 4.78 is 13.7. The standard InChI is InChI=1S/C46H29BN2O2/c1-5-13-30(14-6-1)34-21-24-41-37(27-34)47-38-28-35(31-15-7-2-8-16-31)22-25-42(38)51-45-36(23-26-43(50-41)44(45)47)46-48-39(32-17-9-3-10-18-32)29-40(49-46)33-19-11-4-12-20-33/h1-29H. The molecule has 0 saturated heterocycles. The Hall–Kier alpha value is -6.72. The second-order valence-corrected chi connectivity index (χ2v) is 12.9. The van der Waals surface area contributed by atoms with E-state index in [-0.39, 0.29) is 6.71 Å². The van der Waals surface area contributed by atoms with Crippen molar-refractivity contribution in [1.82, 2.24) is 9.97 Å². The minimum Gasteiger partial charge on any atom is -0.458 e. The van der Waals surface area contributed by atoms with Crippen molar-refractivity contribution in [1.29, 1.82) is 0 Å². The van der Waals surface area contributed by atoms with Crippen molar-refractivity contribution in [3.63, 3.8) is 0 Å². The van der Waals surface area contributed by atoms with E-state index in [0.29, 0.717) is 5.82 Å². The Morgan fingerprint density at radius 2 is 0.824 bits per heavy atom. The summed E-state index contributed by atoms with van der Waals surface area (Å²) in [4.78, 5) is 10.4. The molecule has 2 aliphatic heterocycles. The highest BCUT2D eigenvalue weighted by molar-refractivity contribution is 6.98. The smallest absolute Gasteiger partial charge is 0.260 e. The molecule has 1 aromatic heterocycles. The van der Waals surface area contributed by atoms with Gasteiger partial charge in [-0.3, -0.25) is 0 Å². The zero-order chi connectivity index (χ0) is 33.7. The summed E-state index contributed by atoms with van der Waals surface area (Å²) in [6, 6.07) is 60.7. The van der Waals surface area contributed by atoms with Gasteiger partial charge in [0.15, 0.2) is 5.82 Å². The van der Waals surface area contributed by atoms with Crippen LogP contribution >= 0.6 is 0 Å². The van der Waals surface area contributed by atoms with Gasteiger partial charge in [0.1, 0.15) is 23.0 Å². The first-order chi connectivity index (χ1) is 25.3. The van der Waals surface area contributed by atoms with Crippen LogP contribution in [0.5, 0.6) is 23.0 Å². The van der Waals surface area contributed by atoms with Crippen LogP contribution in [0.15, 0.2) is 176 Å². The summed E-state index contributed by atoms with van der Waals surface area (Å²) in [5.41, 5.74) is 12.3.